The Hall–Kier alpha value is -0.0800. The van der Waals surface area contributed by atoms with Crippen molar-refractivity contribution in [3.63, 3.8) is 0 Å². The van der Waals surface area contributed by atoms with Crippen LogP contribution >= 0.6 is 0 Å². The van der Waals surface area contributed by atoms with Gasteiger partial charge >= 0.3 is 0 Å². The van der Waals surface area contributed by atoms with Crippen molar-refractivity contribution in [2.24, 2.45) is 0 Å². The monoisotopic (exact) mass is 188 g/mol. The number of rotatable bonds is 5. The van der Waals surface area contributed by atoms with Crippen molar-refractivity contribution in [1.29, 1.82) is 0 Å². The number of nitrogens with zero attached hydrogens (tertiary/aromatic N) is 1. The van der Waals surface area contributed by atoms with Gasteiger partial charge in [0.15, 0.2) is 0 Å². The van der Waals surface area contributed by atoms with Gasteiger partial charge in [0.05, 0.1) is 39.4 Å². The lowest BCUT2D eigenvalue weighted by Gasteiger charge is -2.41. The number of quaternary nitrogens is 1. The summed E-state index contributed by atoms with van der Waals surface area (Å²) >= 11 is 0. The molecule has 80 valence electrons. The van der Waals surface area contributed by atoms with E-state index in [1.54, 1.807) is 0 Å². The molecular formula is C11H26NO+. The molecule has 0 radical (unpaired) electrons. The lowest BCUT2D eigenvalue weighted by atomic mass is 9.97. The van der Waals surface area contributed by atoms with Crippen LogP contribution in [0.3, 0.4) is 0 Å². The second-order valence-electron chi connectivity index (χ2n) is 5.49. The first-order chi connectivity index (χ1) is 5.67. The number of hydrogen-bond donors (Lipinski definition) is 0. The lowest BCUT2D eigenvalue weighted by molar-refractivity contribution is -0.920. The van der Waals surface area contributed by atoms with Gasteiger partial charge in [0.25, 0.3) is 0 Å². The molecule has 0 saturated heterocycles. The Labute approximate surface area is 83.5 Å². The van der Waals surface area contributed by atoms with Crippen molar-refractivity contribution in [1.82, 2.24) is 0 Å². The number of hydrogen-bond acceptors (Lipinski definition) is 1. The molecule has 0 fully saturated rings. The highest BCUT2D eigenvalue weighted by Gasteiger charge is 2.32. The zero-order chi connectivity index (χ0) is 10.7. The van der Waals surface area contributed by atoms with Crippen molar-refractivity contribution in [2.75, 3.05) is 27.7 Å². The normalized spacial score (nSPS) is 13.8. The second kappa shape index (κ2) is 4.43. The maximum atomic E-state index is 5.56. The molecule has 0 aliphatic carbocycles. The maximum Gasteiger partial charge on any atom is 0.0951 e. The molecule has 0 aliphatic heterocycles. The minimum Gasteiger partial charge on any atom is -0.379 e. The van der Waals surface area contributed by atoms with Crippen LogP contribution in [0.5, 0.6) is 0 Å². The highest BCUT2D eigenvalue weighted by molar-refractivity contribution is 4.67. The molecule has 0 saturated carbocycles. The maximum absolute atomic E-state index is 5.56. The molecule has 0 aliphatic rings. The molecule has 0 spiro atoms. The van der Waals surface area contributed by atoms with Gasteiger partial charge in [-0.2, -0.15) is 0 Å². The third-order valence-electron chi connectivity index (χ3n) is 2.98. The third-order valence-corrected chi connectivity index (χ3v) is 2.98. The average molecular weight is 188 g/mol. The lowest BCUT2D eigenvalue weighted by Crippen LogP contribution is -2.53. The Kier molecular flexibility index (Phi) is 4.40. The summed E-state index contributed by atoms with van der Waals surface area (Å²) < 4.78 is 6.54. The largest absolute Gasteiger partial charge is 0.379 e. The summed E-state index contributed by atoms with van der Waals surface area (Å²) in [7, 11) is 6.69. The fraction of sp³-hybridized carbons (Fsp3) is 1.00. The van der Waals surface area contributed by atoms with Gasteiger partial charge in [-0.3, -0.25) is 0 Å². The first kappa shape index (κ1) is 12.9. The molecule has 0 bridgehead atoms. The number of ether oxygens (including phenoxy) is 1. The van der Waals surface area contributed by atoms with E-state index in [2.05, 4.69) is 48.8 Å². The summed E-state index contributed by atoms with van der Waals surface area (Å²) in [5.41, 5.74) is 0.287. The minimum absolute atomic E-state index is 0.287. The molecule has 0 atom stereocenters. The topological polar surface area (TPSA) is 9.23 Å². The zero-order valence-corrected chi connectivity index (χ0v) is 10.3. The SMILES string of the molecule is CC(C)OCCC(C)(C)[N+](C)(C)C. The van der Waals surface area contributed by atoms with Crippen LogP contribution in [0.1, 0.15) is 34.1 Å². The summed E-state index contributed by atoms with van der Waals surface area (Å²) in [6.45, 7) is 9.60. The van der Waals surface area contributed by atoms with Crippen LogP contribution in [0.15, 0.2) is 0 Å². The van der Waals surface area contributed by atoms with E-state index in [1.807, 2.05) is 0 Å². The Bertz CT molecular complexity index is 145. The molecule has 0 N–H and O–H groups in total. The van der Waals surface area contributed by atoms with Gasteiger partial charge in [-0.05, 0) is 27.7 Å². The molecule has 0 unspecified atom stereocenters. The molecule has 0 aromatic rings. The van der Waals surface area contributed by atoms with Crippen molar-refractivity contribution >= 4 is 0 Å². The van der Waals surface area contributed by atoms with E-state index < -0.39 is 0 Å². The van der Waals surface area contributed by atoms with E-state index in [4.69, 9.17) is 4.74 Å². The molecular weight excluding hydrogens is 162 g/mol. The van der Waals surface area contributed by atoms with E-state index >= 15 is 0 Å². The Balaban J connectivity index is 3.90. The molecule has 0 heterocycles. The molecule has 0 aromatic carbocycles. The van der Waals surface area contributed by atoms with Gasteiger partial charge in [0, 0.05) is 6.42 Å². The van der Waals surface area contributed by atoms with Crippen LogP contribution < -0.4 is 0 Å². The molecule has 2 heteroatoms. The fourth-order valence-electron chi connectivity index (χ4n) is 0.880. The summed E-state index contributed by atoms with van der Waals surface area (Å²) in [6, 6.07) is 0. The van der Waals surface area contributed by atoms with Crippen LogP contribution in [0.4, 0.5) is 0 Å². The second-order valence-corrected chi connectivity index (χ2v) is 5.49. The third kappa shape index (κ3) is 4.63. The highest BCUT2D eigenvalue weighted by Crippen LogP contribution is 2.21. The minimum atomic E-state index is 0.287. The molecule has 0 aromatic heterocycles. The Morgan fingerprint density at radius 3 is 1.92 bits per heavy atom. The molecule has 2 nitrogen and oxygen atoms in total. The van der Waals surface area contributed by atoms with Gasteiger partial charge in [-0.1, -0.05) is 0 Å². The summed E-state index contributed by atoms with van der Waals surface area (Å²) in [4.78, 5) is 0. The van der Waals surface area contributed by atoms with Crippen LogP contribution in [-0.4, -0.2) is 43.9 Å². The highest BCUT2D eigenvalue weighted by atomic mass is 16.5. The molecule has 0 amide bonds. The summed E-state index contributed by atoms with van der Waals surface area (Å²) in [5.74, 6) is 0. The van der Waals surface area contributed by atoms with Gasteiger partial charge in [-0.25, -0.2) is 0 Å². The first-order valence-corrected chi connectivity index (χ1v) is 5.10. The van der Waals surface area contributed by atoms with Gasteiger partial charge in [0.2, 0.25) is 0 Å². The van der Waals surface area contributed by atoms with E-state index in [-0.39, 0.29) is 5.54 Å². The van der Waals surface area contributed by atoms with E-state index in [0.717, 1.165) is 17.5 Å². The smallest absolute Gasteiger partial charge is 0.0951 e. The molecule has 0 rings (SSSR count). The Morgan fingerprint density at radius 2 is 1.62 bits per heavy atom. The first-order valence-electron chi connectivity index (χ1n) is 5.10. The average Bonchev–Trinajstić information content (AvgIpc) is 1.82. The van der Waals surface area contributed by atoms with Gasteiger partial charge < -0.3 is 9.22 Å². The Morgan fingerprint density at radius 1 is 1.15 bits per heavy atom. The van der Waals surface area contributed by atoms with Crippen molar-refractivity contribution in [3.05, 3.63) is 0 Å². The zero-order valence-electron chi connectivity index (χ0n) is 10.3. The molecule has 13 heavy (non-hydrogen) atoms. The van der Waals surface area contributed by atoms with Crippen LogP contribution in [0, 0.1) is 0 Å². The van der Waals surface area contributed by atoms with Crippen molar-refractivity contribution < 1.29 is 9.22 Å². The van der Waals surface area contributed by atoms with E-state index in [9.17, 15) is 0 Å². The summed E-state index contributed by atoms with van der Waals surface area (Å²) in [5, 5.41) is 0. The van der Waals surface area contributed by atoms with Gasteiger partial charge in [0.1, 0.15) is 0 Å². The quantitative estimate of drug-likeness (QED) is 0.601. The van der Waals surface area contributed by atoms with Crippen molar-refractivity contribution in [2.45, 2.75) is 45.8 Å². The van der Waals surface area contributed by atoms with Crippen LogP contribution in [0.25, 0.3) is 0 Å². The van der Waals surface area contributed by atoms with Crippen LogP contribution in [0.2, 0.25) is 0 Å². The summed E-state index contributed by atoms with van der Waals surface area (Å²) in [6.07, 6.45) is 1.46. The van der Waals surface area contributed by atoms with Crippen molar-refractivity contribution in [3.8, 4) is 0 Å². The van der Waals surface area contributed by atoms with Crippen LogP contribution in [-0.2, 0) is 4.74 Å². The predicted molar refractivity (Wildman–Crippen MR) is 57.8 cm³/mol. The van der Waals surface area contributed by atoms with Gasteiger partial charge in [-0.15, -0.1) is 0 Å². The van der Waals surface area contributed by atoms with E-state index in [1.165, 1.54) is 0 Å². The standard InChI is InChI=1S/C11H26NO/c1-10(2)13-9-8-11(3,4)12(5,6)7/h10H,8-9H2,1-7H3/q+1. The fourth-order valence-corrected chi connectivity index (χ4v) is 0.880. The predicted octanol–water partition coefficient (Wildman–Crippen LogP) is 2.29. The van der Waals surface area contributed by atoms with E-state index in [0.29, 0.717) is 6.10 Å².